The van der Waals surface area contributed by atoms with Crippen molar-refractivity contribution in [3.8, 4) is 0 Å². The van der Waals surface area contributed by atoms with E-state index in [1.54, 1.807) is 4.68 Å². The number of hydrogen-bond acceptors (Lipinski definition) is 4. The molecule has 8 heteroatoms. The molecule has 0 N–H and O–H groups in total. The number of benzene rings is 1. The molecule has 1 aliphatic rings. The lowest BCUT2D eigenvalue weighted by atomic mass is 10.1. The van der Waals surface area contributed by atoms with Gasteiger partial charge in [0.25, 0.3) is 0 Å². The smallest absolute Gasteiger partial charge is 0.150 e. The van der Waals surface area contributed by atoms with Crippen LogP contribution in [0.15, 0.2) is 16.6 Å². The number of sulfone groups is 1. The predicted molar refractivity (Wildman–Crippen MR) is 72.1 cm³/mol. The summed E-state index contributed by atoms with van der Waals surface area (Å²) in [6.45, 7) is 0. The SMILES string of the molecule is O=S1(=O)CCC(n2nnc3c(Br)cc(F)cc32)CC1. The van der Waals surface area contributed by atoms with Gasteiger partial charge in [-0.2, -0.15) is 0 Å². The minimum atomic E-state index is -2.92. The van der Waals surface area contributed by atoms with E-state index in [4.69, 9.17) is 0 Å². The van der Waals surface area contributed by atoms with Gasteiger partial charge in [-0.25, -0.2) is 17.5 Å². The summed E-state index contributed by atoms with van der Waals surface area (Å²) in [5.74, 6) is -0.0725. The van der Waals surface area contributed by atoms with E-state index in [1.807, 2.05) is 0 Å². The minimum Gasteiger partial charge on any atom is -0.241 e. The molecule has 0 aliphatic carbocycles. The summed E-state index contributed by atoms with van der Waals surface area (Å²) in [5.41, 5.74) is 1.19. The third kappa shape index (κ3) is 2.38. The van der Waals surface area contributed by atoms with Gasteiger partial charge in [-0.15, -0.1) is 5.10 Å². The van der Waals surface area contributed by atoms with E-state index in [1.165, 1.54) is 12.1 Å². The van der Waals surface area contributed by atoms with Gasteiger partial charge in [-0.1, -0.05) is 5.21 Å². The predicted octanol–water partition coefficient (Wildman–Crippen LogP) is 2.08. The van der Waals surface area contributed by atoms with Crippen molar-refractivity contribution in [2.24, 2.45) is 0 Å². The lowest BCUT2D eigenvalue weighted by Crippen LogP contribution is -2.26. The second-order valence-corrected chi connectivity index (χ2v) is 7.83. The van der Waals surface area contributed by atoms with Crippen molar-refractivity contribution < 1.29 is 12.8 Å². The Bertz CT molecular complexity index is 730. The van der Waals surface area contributed by atoms with Crippen LogP contribution < -0.4 is 0 Å². The lowest BCUT2D eigenvalue weighted by Gasteiger charge is -2.22. The van der Waals surface area contributed by atoms with E-state index in [0.717, 1.165) is 0 Å². The van der Waals surface area contributed by atoms with Gasteiger partial charge in [0.1, 0.15) is 21.2 Å². The van der Waals surface area contributed by atoms with E-state index >= 15 is 0 Å². The zero-order valence-corrected chi connectivity index (χ0v) is 12.3. The van der Waals surface area contributed by atoms with Gasteiger partial charge in [0.05, 0.1) is 27.5 Å². The summed E-state index contributed by atoms with van der Waals surface area (Å²) in [4.78, 5) is 0. The summed E-state index contributed by atoms with van der Waals surface area (Å²) in [7, 11) is -2.92. The monoisotopic (exact) mass is 347 g/mol. The maximum Gasteiger partial charge on any atom is 0.150 e. The first-order chi connectivity index (χ1) is 8.96. The van der Waals surface area contributed by atoms with Crippen LogP contribution in [0.2, 0.25) is 0 Å². The van der Waals surface area contributed by atoms with Crippen molar-refractivity contribution in [2.45, 2.75) is 18.9 Å². The van der Waals surface area contributed by atoms with Crippen molar-refractivity contribution in [1.29, 1.82) is 0 Å². The topological polar surface area (TPSA) is 64.8 Å². The molecule has 0 radical (unpaired) electrons. The van der Waals surface area contributed by atoms with Crippen LogP contribution >= 0.6 is 15.9 Å². The Morgan fingerprint density at radius 1 is 1.32 bits per heavy atom. The van der Waals surface area contributed by atoms with Gasteiger partial charge in [-0.3, -0.25) is 0 Å². The maximum absolute atomic E-state index is 13.5. The molecule has 1 aromatic heterocycles. The van der Waals surface area contributed by atoms with Gasteiger partial charge in [0.15, 0.2) is 0 Å². The van der Waals surface area contributed by atoms with Crippen LogP contribution in [0.3, 0.4) is 0 Å². The van der Waals surface area contributed by atoms with Crippen LogP contribution in [0, 0.1) is 5.82 Å². The number of rotatable bonds is 1. The molecule has 0 saturated carbocycles. The highest BCUT2D eigenvalue weighted by molar-refractivity contribution is 9.10. The van der Waals surface area contributed by atoms with E-state index in [0.29, 0.717) is 28.3 Å². The summed E-state index contributed by atoms with van der Waals surface area (Å²) < 4.78 is 38.5. The number of aromatic nitrogens is 3. The molecular weight excluding hydrogens is 337 g/mol. The van der Waals surface area contributed by atoms with Crippen LogP contribution in [0.25, 0.3) is 11.0 Å². The molecule has 2 aromatic rings. The maximum atomic E-state index is 13.5. The van der Waals surface area contributed by atoms with E-state index in [2.05, 4.69) is 26.2 Å². The molecule has 0 atom stereocenters. The molecule has 1 aliphatic heterocycles. The normalized spacial score (nSPS) is 19.9. The van der Waals surface area contributed by atoms with Crippen LogP contribution in [0.4, 0.5) is 4.39 Å². The van der Waals surface area contributed by atoms with Gasteiger partial charge in [0, 0.05) is 6.07 Å². The van der Waals surface area contributed by atoms with E-state index < -0.39 is 9.84 Å². The number of hydrogen-bond donors (Lipinski definition) is 0. The first-order valence-electron chi connectivity index (χ1n) is 5.87. The molecule has 19 heavy (non-hydrogen) atoms. The first kappa shape index (κ1) is 13.0. The molecule has 102 valence electrons. The van der Waals surface area contributed by atoms with Crippen LogP contribution in [0.5, 0.6) is 0 Å². The van der Waals surface area contributed by atoms with Crippen LogP contribution in [-0.4, -0.2) is 34.9 Å². The second-order valence-electron chi connectivity index (χ2n) is 4.67. The Hall–Kier alpha value is -1.02. The third-order valence-corrected chi connectivity index (χ3v) is 5.69. The summed E-state index contributed by atoms with van der Waals surface area (Å²) in [5, 5.41) is 8.06. The summed E-state index contributed by atoms with van der Waals surface area (Å²) in [6.07, 6.45) is 0.990. The number of nitrogens with zero attached hydrogens (tertiary/aromatic N) is 3. The Morgan fingerprint density at radius 3 is 2.68 bits per heavy atom. The Balaban J connectivity index is 2.02. The molecule has 0 spiro atoms. The molecule has 1 saturated heterocycles. The molecule has 0 unspecified atom stereocenters. The molecule has 0 amide bonds. The molecular formula is C11H11BrFN3O2S. The highest BCUT2D eigenvalue weighted by Gasteiger charge is 2.27. The highest BCUT2D eigenvalue weighted by Crippen LogP contribution is 2.29. The van der Waals surface area contributed by atoms with Crippen molar-refractivity contribution in [3.63, 3.8) is 0 Å². The van der Waals surface area contributed by atoms with Gasteiger partial charge >= 0.3 is 0 Å². The zero-order chi connectivity index (χ0) is 13.6. The molecule has 5 nitrogen and oxygen atoms in total. The standard InChI is InChI=1S/C11H11BrFN3O2S/c12-9-5-7(13)6-10-11(9)14-15-16(10)8-1-3-19(17,18)4-2-8/h5-6,8H,1-4H2. The zero-order valence-electron chi connectivity index (χ0n) is 9.88. The Morgan fingerprint density at radius 2 is 2.00 bits per heavy atom. The van der Waals surface area contributed by atoms with Crippen molar-refractivity contribution in [2.75, 3.05) is 11.5 Å². The quantitative estimate of drug-likeness (QED) is 0.792. The third-order valence-electron chi connectivity index (χ3n) is 3.37. The fourth-order valence-corrected chi connectivity index (χ4v) is 4.33. The molecule has 2 heterocycles. The fourth-order valence-electron chi connectivity index (χ4n) is 2.36. The molecule has 1 aromatic carbocycles. The second kappa shape index (κ2) is 4.52. The number of fused-ring (bicyclic) bond motifs is 1. The largest absolute Gasteiger partial charge is 0.241 e. The van der Waals surface area contributed by atoms with Gasteiger partial charge in [-0.05, 0) is 34.8 Å². The number of halogens is 2. The van der Waals surface area contributed by atoms with E-state index in [-0.39, 0.29) is 23.4 Å². The molecule has 0 bridgehead atoms. The van der Waals surface area contributed by atoms with Crippen LogP contribution in [-0.2, 0) is 9.84 Å². The molecule has 1 fully saturated rings. The average Bonchev–Trinajstić information content (AvgIpc) is 2.73. The van der Waals surface area contributed by atoms with Crippen molar-refractivity contribution in [1.82, 2.24) is 15.0 Å². The Kier molecular flexibility index (Phi) is 3.09. The highest BCUT2D eigenvalue weighted by atomic mass is 79.9. The summed E-state index contributed by atoms with van der Waals surface area (Å²) >= 11 is 3.25. The van der Waals surface area contributed by atoms with Gasteiger partial charge in [0.2, 0.25) is 0 Å². The van der Waals surface area contributed by atoms with Crippen molar-refractivity contribution >= 4 is 36.8 Å². The van der Waals surface area contributed by atoms with Crippen LogP contribution in [0.1, 0.15) is 18.9 Å². The minimum absolute atomic E-state index is 0.0396. The fraction of sp³-hybridized carbons (Fsp3) is 0.455. The molecule has 3 rings (SSSR count). The van der Waals surface area contributed by atoms with Crippen molar-refractivity contribution in [3.05, 3.63) is 22.4 Å². The first-order valence-corrected chi connectivity index (χ1v) is 8.48. The summed E-state index contributed by atoms with van der Waals surface area (Å²) in [6, 6.07) is 2.68. The lowest BCUT2D eigenvalue weighted by molar-refractivity contribution is 0.414. The van der Waals surface area contributed by atoms with E-state index in [9.17, 15) is 12.8 Å². The Labute approximate surface area is 117 Å². The average molecular weight is 348 g/mol. The van der Waals surface area contributed by atoms with Gasteiger partial charge < -0.3 is 0 Å².